The van der Waals surface area contributed by atoms with Gasteiger partial charge in [0.1, 0.15) is 5.69 Å². The van der Waals surface area contributed by atoms with Gasteiger partial charge in [-0.1, -0.05) is 46.3 Å². The van der Waals surface area contributed by atoms with Crippen molar-refractivity contribution in [2.24, 2.45) is 0 Å². The van der Waals surface area contributed by atoms with Crippen LogP contribution in [0.3, 0.4) is 0 Å². The summed E-state index contributed by atoms with van der Waals surface area (Å²) in [6, 6.07) is 16.4. The molecule has 2 aromatic carbocycles. The molecule has 2 heterocycles. The maximum atomic E-state index is 11.9. The van der Waals surface area contributed by atoms with Crippen LogP contribution in [0.1, 0.15) is 36.8 Å². The van der Waals surface area contributed by atoms with Crippen LogP contribution in [-0.2, 0) is 5.72 Å². The predicted octanol–water partition coefficient (Wildman–Crippen LogP) is 4.41. The molecular formula is C21H24BrN2O+. The van der Waals surface area contributed by atoms with Crippen LogP contribution in [0.5, 0.6) is 0 Å². The number of para-hydroxylation sites is 1. The largest absolute Gasteiger partial charge is 0.346 e. The third-order valence-corrected chi connectivity index (χ3v) is 5.92. The van der Waals surface area contributed by atoms with Crippen molar-refractivity contribution in [2.75, 3.05) is 18.0 Å². The highest BCUT2D eigenvalue weighted by Crippen LogP contribution is 2.39. The fourth-order valence-corrected chi connectivity index (χ4v) is 4.38. The molecule has 1 N–H and O–H groups in total. The van der Waals surface area contributed by atoms with Gasteiger partial charge in [0, 0.05) is 16.5 Å². The second kappa shape index (κ2) is 6.58. The molecule has 25 heavy (non-hydrogen) atoms. The lowest BCUT2D eigenvalue weighted by Crippen LogP contribution is -2.47. The average Bonchev–Trinajstić information content (AvgIpc) is 2.74. The first kappa shape index (κ1) is 16.8. The summed E-state index contributed by atoms with van der Waals surface area (Å²) >= 11 is 3.50. The van der Waals surface area contributed by atoms with Crippen LogP contribution in [0.4, 0.5) is 5.69 Å². The molecule has 0 saturated heterocycles. The Kier molecular flexibility index (Phi) is 4.42. The Morgan fingerprint density at radius 2 is 1.80 bits per heavy atom. The maximum absolute atomic E-state index is 11.9. The Hall–Kier alpha value is -1.65. The van der Waals surface area contributed by atoms with Gasteiger partial charge in [-0.2, -0.15) is 4.90 Å². The quantitative estimate of drug-likeness (QED) is 0.756. The van der Waals surface area contributed by atoms with Crippen LogP contribution < -0.4 is 4.90 Å². The fourth-order valence-electron chi connectivity index (χ4n) is 4.11. The van der Waals surface area contributed by atoms with Gasteiger partial charge in [-0.15, -0.1) is 0 Å². The molecule has 2 aromatic rings. The van der Waals surface area contributed by atoms with E-state index in [1.807, 2.05) is 24.3 Å². The zero-order valence-corrected chi connectivity index (χ0v) is 16.2. The Balaban J connectivity index is 1.86. The maximum Gasteiger partial charge on any atom is 0.275 e. The molecule has 0 bridgehead atoms. The van der Waals surface area contributed by atoms with E-state index in [1.165, 1.54) is 30.7 Å². The highest BCUT2D eigenvalue weighted by molar-refractivity contribution is 9.10. The molecule has 2 aliphatic heterocycles. The highest BCUT2D eigenvalue weighted by atomic mass is 79.9. The monoisotopic (exact) mass is 399 g/mol. The van der Waals surface area contributed by atoms with Crippen LogP contribution in [0.2, 0.25) is 0 Å². The summed E-state index contributed by atoms with van der Waals surface area (Å²) in [5.74, 6) is 1.26. The number of halogens is 1. The van der Waals surface area contributed by atoms with Crippen LogP contribution in [0.15, 0.2) is 53.0 Å². The minimum absolute atomic E-state index is 0.623. The van der Waals surface area contributed by atoms with Crippen molar-refractivity contribution in [1.29, 1.82) is 0 Å². The van der Waals surface area contributed by atoms with E-state index in [2.05, 4.69) is 56.6 Å². The lowest BCUT2D eigenvalue weighted by atomic mass is 9.99. The Bertz CT molecular complexity index is 815. The molecule has 0 spiro atoms. The van der Waals surface area contributed by atoms with Crippen molar-refractivity contribution in [2.45, 2.75) is 38.3 Å². The summed E-state index contributed by atoms with van der Waals surface area (Å²) in [4.78, 5) is 2.19. The number of amidine groups is 1. The molecule has 0 saturated carbocycles. The molecular weight excluding hydrogens is 376 g/mol. The molecule has 0 radical (unpaired) electrons. The summed E-state index contributed by atoms with van der Waals surface area (Å²) in [7, 11) is 0. The van der Waals surface area contributed by atoms with Gasteiger partial charge in [-0.05, 0) is 49.9 Å². The summed E-state index contributed by atoms with van der Waals surface area (Å²) in [5.41, 5.74) is 2.21. The number of aliphatic hydroxyl groups is 1. The van der Waals surface area contributed by atoms with Crippen molar-refractivity contribution < 1.29 is 9.68 Å². The molecule has 0 fully saturated rings. The number of rotatable bonds is 2. The lowest BCUT2D eigenvalue weighted by Gasteiger charge is -2.30. The van der Waals surface area contributed by atoms with Gasteiger partial charge in [0.05, 0.1) is 6.54 Å². The van der Waals surface area contributed by atoms with Crippen molar-refractivity contribution in [1.82, 2.24) is 0 Å². The Labute approximate surface area is 157 Å². The van der Waals surface area contributed by atoms with Gasteiger partial charge in [0.15, 0.2) is 6.54 Å². The van der Waals surface area contributed by atoms with Gasteiger partial charge in [-0.25, -0.2) is 0 Å². The van der Waals surface area contributed by atoms with E-state index < -0.39 is 5.72 Å². The fraction of sp³-hybridized carbons (Fsp3) is 0.381. The van der Waals surface area contributed by atoms with Crippen LogP contribution in [-0.4, -0.2) is 28.6 Å². The van der Waals surface area contributed by atoms with Crippen molar-refractivity contribution >= 4 is 27.5 Å². The van der Waals surface area contributed by atoms with Crippen molar-refractivity contribution in [3.05, 3.63) is 64.1 Å². The lowest BCUT2D eigenvalue weighted by molar-refractivity contribution is -0.534. The molecule has 1 atom stereocenters. The van der Waals surface area contributed by atoms with Gasteiger partial charge in [0.25, 0.3) is 11.6 Å². The molecule has 0 unspecified atom stereocenters. The number of benzene rings is 2. The molecule has 4 rings (SSSR count). The molecule has 0 aliphatic carbocycles. The van der Waals surface area contributed by atoms with Crippen LogP contribution in [0.25, 0.3) is 0 Å². The van der Waals surface area contributed by atoms with Gasteiger partial charge < -0.3 is 5.11 Å². The van der Waals surface area contributed by atoms with Crippen molar-refractivity contribution in [3.8, 4) is 0 Å². The normalized spacial score (nSPS) is 23.6. The number of anilines is 1. The molecule has 3 nitrogen and oxygen atoms in total. The summed E-state index contributed by atoms with van der Waals surface area (Å²) in [6.45, 7) is 3.77. The first-order valence-corrected chi connectivity index (χ1v) is 9.84. The standard InChI is InChI=1S/C21H24BrN2O/c1-16-7-4-5-8-19(16)24-20-9-3-2-6-14-23(20)15-21(24,25)17-10-12-18(22)13-11-17/h4-5,7-8,10-13,25H,2-3,6,9,14-15H2,1H3/q+1/t21-/m1/s1. The van der Waals surface area contributed by atoms with E-state index in [0.29, 0.717) is 6.54 Å². The van der Waals surface area contributed by atoms with Gasteiger partial charge in [-0.3, -0.25) is 4.58 Å². The van der Waals surface area contributed by atoms with Crippen LogP contribution >= 0.6 is 15.9 Å². The predicted molar refractivity (Wildman–Crippen MR) is 105 cm³/mol. The van der Waals surface area contributed by atoms with E-state index in [9.17, 15) is 5.11 Å². The first-order valence-electron chi connectivity index (χ1n) is 9.05. The number of nitrogens with zero attached hydrogens (tertiary/aromatic N) is 2. The third-order valence-electron chi connectivity index (χ3n) is 5.40. The molecule has 0 amide bonds. The SMILES string of the molecule is Cc1ccccc1N1C2=[N+](CCCCC2)C[C@@]1(O)c1ccc(Br)cc1. The topological polar surface area (TPSA) is 26.5 Å². The number of hydrogen-bond acceptors (Lipinski definition) is 2. The minimum Gasteiger partial charge on any atom is -0.346 e. The smallest absolute Gasteiger partial charge is 0.275 e. The summed E-state index contributed by atoms with van der Waals surface area (Å²) in [6.07, 6.45) is 4.66. The molecule has 4 heteroatoms. The van der Waals surface area contributed by atoms with Gasteiger partial charge >= 0.3 is 0 Å². The highest BCUT2D eigenvalue weighted by Gasteiger charge is 2.54. The molecule has 2 aliphatic rings. The number of hydrogen-bond donors (Lipinski definition) is 1. The van der Waals surface area contributed by atoms with E-state index in [0.717, 1.165) is 28.7 Å². The van der Waals surface area contributed by atoms with Crippen LogP contribution in [0, 0.1) is 6.92 Å². The Morgan fingerprint density at radius 1 is 1.04 bits per heavy atom. The van der Waals surface area contributed by atoms with Crippen molar-refractivity contribution in [3.63, 3.8) is 0 Å². The first-order chi connectivity index (χ1) is 12.1. The zero-order valence-electron chi connectivity index (χ0n) is 14.6. The molecule has 0 aromatic heterocycles. The number of aryl methyl sites for hydroxylation is 1. The van der Waals surface area contributed by atoms with E-state index in [4.69, 9.17) is 0 Å². The average molecular weight is 400 g/mol. The van der Waals surface area contributed by atoms with Gasteiger partial charge in [0.2, 0.25) is 0 Å². The van der Waals surface area contributed by atoms with E-state index in [1.54, 1.807) is 0 Å². The third kappa shape index (κ3) is 2.91. The van der Waals surface area contributed by atoms with E-state index in [-0.39, 0.29) is 0 Å². The summed E-state index contributed by atoms with van der Waals surface area (Å²) in [5, 5.41) is 11.9. The molecule has 130 valence electrons. The van der Waals surface area contributed by atoms with E-state index >= 15 is 0 Å². The summed E-state index contributed by atoms with van der Waals surface area (Å²) < 4.78 is 3.42. The second-order valence-electron chi connectivity index (χ2n) is 7.09. The minimum atomic E-state index is -1.03. The Morgan fingerprint density at radius 3 is 2.56 bits per heavy atom. The zero-order chi connectivity index (χ0) is 17.4. The second-order valence-corrected chi connectivity index (χ2v) is 8.01.